The molecule has 0 saturated carbocycles. The molecule has 10 nitrogen and oxygen atoms in total. The van der Waals surface area contributed by atoms with Crippen LogP contribution in [0.15, 0.2) is 67.6 Å². The molecule has 2 heterocycles. The van der Waals surface area contributed by atoms with E-state index in [1.807, 2.05) is 0 Å². The van der Waals surface area contributed by atoms with Crippen molar-refractivity contribution in [1.82, 2.24) is 10.2 Å². The van der Waals surface area contributed by atoms with Gasteiger partial charge in [-0.05, 0) is 70.5 Å². The van der Waals surface area contributed by atoms with E-state index in [0.29, 0.717) is 20.3 Å². The number of halogens is 2. The molecule has 1 N–H and O–H groups in total. The van der Waals surface area contributed by atoms with E-state index in [0.717, 1.165) is 4.90 Å². The van der Waals surface area contributed by atoms with Crippen LogP contribution >= 0.6 is 31.9 Å². The molecule has 3 aromatic rings. The third-order valence-corrected chi connectivity index (χ3v) is 6.23. The number of carbonyl (C=O) groups excluding carboxylic acids is 4. The maximum Gasteiger partial charge on any atom is 0.373 e. The molecule has 12 heteroatoms. The SMILES string of the molecule is COC(=O)c1ccc(CN2C(=O)N/C(=C/c3cc(Br)cc(Br)c3OC(=O)c3ccc(OC)cc3)C2=O)o1. The Morgan fingerprint density at radius 3 is 2.43 bits per heavy atom. The fraction of sp³-hybridized carbons (Fsp3) is 0.120. The summed E-state index contributed by atoms with van der Waals surface area (Å²) in [5.41, 5.74) is 0.589. The monoisotopic (exact) mass is 632 g/mol. The van der Waals surface area contributed by atoms with Crippen LogP contribution in [-0.4, -0.2) is 43.0 Å². The molecule has 1 aromatic heterocycles. The van der Waals surface area contributed by atoms with Gasteiger partial charge in [0, 0.05) is 10.0 Å². The smallest absolute Gasteiger partial charge is 0.373 e. The van der Waals surface area contributed by atoms with E-state index in [2.05, 4.69) is 41.9 Å². The van der Waals surface area contributed by atoms with Crippen molar-refractivity contribution in [2.24, 2.45) is 0 Å². The van der Waals surface area contributed by atoms with Crippen molar-refractivity contribution < 1.29 is 37.8 Å². The van der Waals surface area contributed by atoms with E-state index < -0.39 is 23.9 Å². The van der Waals surface area contributed by atoms with E-state index >= 15 is 0 Å². The third-order valence-electron chi connectivity index (χ3n) is 5.18. The van der Waals surface area contributed by atoms with Gasteiger partial charge in [0.2, 0.25) is 5.76 Å². The molecule has 0 bridgehead atoms. The summed E-state index contributed by atoms with van der Waals surface area (Å²) >= 11 is 6.76. The van der Waals surface area contributed by atoms with Crippen LogP contribution < -0.4 is 14.8 Å². The highest BCUT2D eigenvalue weighted by molar-refractivity contribution is 9.11. The van der Waals surface area contributed by atoms with Crippen LogP contribution in [0.5, 0.6) is 11.5 Å². The quantitative estimate of drug-likeness (QED) is 0.168. The Hall–Kier alpha value is -3.90. The van der Waals surface area contributed by atoms with Gasteiger partial charge in [-0.1, -0.05) is 15.9 Å². The summed E-state index contributed by atoms with van der Waals surface area (Å²) in [5, 5.41) is 2.51. The molecule has 190 valence electrons. The fourth-order valence-electron chi connectivity index (χ4n) is 3.37. The lowest BCUT2D eigenvalue weighted by Crippen LogP contribution is -2.30. The lowest BCUT2D eigenvalue weighted by Gasteiger charge is -2.12. The first kappa shape index (κ1) is 26.2. The normalized spacial score (nSPS) is 14.1. The molecular weight excluding hydrogens is 616 g/mol. The number of benzene rings is 2. The van der Waals surface area contributed by atoms with Crippen LogP contribution in [0.1, 0.15) is 32.2 Å². The Morgan fingerprint density at radius 2 is 1.76 bits per heavy atom. The molecule has 0 radical (unpaired) electrons. The molecule has 0 atom stereocenters. The van der Waals surface area contributed by atoms with Gasteiger partial charge in [-0.25, -0.2) is 14.4 Å². The Labute approximate surface area is 227 Å². The predicted molar refractivity (Wildman–Crippen MR) is 137 cm³/mol. The predicted octanol–water partition coefficient (Wildman–Crippen LogP) is 4.91. The van der Waals surface area contributed by atoms with Crippen LogP contribution in [0.4, 0.5) is 4.79 Å². The van der Waals surface area contributed by atoms with Crippen molar-refractivity contribution in [1.29, 1.82) is 0 Å². The van der Waals surface area contributed by atoms with Crippen LogP contribution in [0.2, 0.25) is 0 Å². The van der Waals surface area contributed by atoms with E-state index in [1.165, 1.54) is 32.4 Å². The number of ether oxygens (including phenoxy) is 3. The van der Waals surface area contributed by atoms with Gasteiger partial charge in [0.05, 0.1) is 30.8 Å². The van der Waals surface area contributed by atoms with Crippen molar-refractivity contribution in [2.45, 2.75) is 6.54 Å². The number of hydrogen-bond acceptors (Lipinski definition) is 8. The highest BCUT2D eigenvalue weighted by Crippen LogP contribution is 2.35. The number of amides is 3. The maximum atomic E-state index is 13.0. The Kier molecular flexibility index (Phi) is 7.79. The molecule has 1 aliphatic heterocycles. The molecule has 2 aromatic carbocycles. The molecular formula is C25H18Br2N2O8. The first-order valence-electron chi connectivity index (χ1n) is 10.6. The van der Waals surface area contributed by atoms with E-state index in [1.54, 1.807) is 36.4 Å². The van der Waals surface area contributed by atoms with Crippen LogP contribution in [-0.2, 0) is 16.1 Å². The minimum atomic E-state index is -0.682. The van der Waals surface area contributed by atoms with Crippen molar-refractivity contribution in [3.05, 3.63) is 85.8 Å². The highest BCUT2D eigenvalue weighted by Gasteiger charge is 2.35. The number of esters is 2. The molecule has 3 amide bonds. The lowest BCUT2D eigenvalue weighted by atomic mass is 10.1. The molecule has 1 fully saturated rings. The summed E-state index contributed by atoms with van der Waals surface area (Å²) in [4.78, 5) is 50.8. The molecule has 0 aliphatic carbocycles. The zero-order valence-corrected chi connectivity index (χ0v) is 22.5. The minimum absolute atomic E-state index is 0.0449. The first-order valence-corrected chi connectivity index (χ1v) is 12.2. The number of nitrogens with one attached hydrogen (secondary N) is 1. The lowest BCUT2D eigenvalue weighted by molar-refractivity contribution is -0.123. The second-order valence-electron chi connectivity index (χ2n) is 7.56. The van der Waals surface area contributed by atoms with Gasteiger partial charge in [0.15, 0.2) is 5.75 Å². The van der Waals surface area contributed by atoms with Gasteiger partial charge < -0.3 is 23.9 Å². The fourth-order valence-corrected chi connectivity index (χ4v) is 4.71. The number of urea groups is 1. The van der Waals surface area contributed by atoms with Gasteiger partial charge in [-0.2, -0.15) is 0 Å². The Morgan fingerprint density at radius 1 is 1.03 bits per heavy atom. The summed E-state index contributed by atoms with van der Waals surface area (Å²) in [6.45, 7) is -0.208. The van der Waals surface area contributed by atoms with Crippen LogP contribution in [0, 0.1) is 0 Å². The van der Waals surface area contributed by atoms with Gasteiger partial charge in [0.1, 0.15) is 17.2 Å². The minimum Gasteiger partial charge on any atom is -0.497 e. The molecule has 1 aliphatic rings. The van der Waals surface area contributed by atoms with E-state index in [4.69, 9.17) is 13.9 Å². The average Bonchev–Trinajstić information content (AvgIpc) is 3.46. The number of nitrogens with zero attached hydrogens (tertiary/aromatic N) is 1. The van der Waals surface area contributed by atoms with Crippen molar-refractivity contribution in [2.75, 3.05) is 14.2 Å². The number of hydrogen-bond donors (Lipinski definition) is 1. The van der Waals surface area contributed by atoms with Crippen molar-refractivity contribution in [3.63, 3.8) is 0 Å². The third kappa shape index (κ3) is 5.75. The van der Waals surface area contributed by atoms with Gasteiger partial charge in [0.25, 0.3) is 5.91 Å². The summed E-state index contributed by atoms with van der Waals surface area (Å²) in [6.07, 6.45) is 1.40. The van der Waals surface area contributed by atoms with Gasteiger partial charge >= 0.3 is 18.0 Å². The summed E-state index contributed by atoms with van der Waals surface area (Å²) in [7, 11) is 2.73. The zero-order valence-electron chi connectivity index (χ0n) is 19.4. The molecule has 0 unspecified atom stereocenters. The van der Waals surface area contributed by atoms with Crippen molar-refractivity contribution in [3.8, 4) is 11.5 Å². The standard InChI is InChI=1S/C25H18Br2N2O8/c1-34-16-5-3-13(4-6-16)23(31)37-21-14(9-15(26)11-18(21)27)10-19-22(30)29(25(33)28-19)12-17-7-8-20(36-17)24(32)35-2/h3-11H,12H2,1-2H3,(H,28,33)/b19-10+. The zero-order chi connectivity index (χ0) is 26.7. The Balaban J connectivity index is 1.59. The van der Waals surface area contributed by atoms with Crippen LogP contribution in [0.25, 0.3) is 6.08 Å². The Bertz CT molecular complexity index is 1430. The van der Waals surface area contributed by atoms with Gasteiger partial charge in [-0.15, -0.1) is 0 Å². The summed E-state index contributed by atoms with van der Waals surface area (Å²) in [6, 6.07) is 11.9. The first-order chi connectivity index (χ1) is 17.7. The summed E-state index contributed by atoms with van der Waals surface area (Å²) < 4.78 is 21.8. The second kappa shape index (κ2) is 11.0. The molecule has 1 saturated heterocycles. The van der Waals surface area contributed by atoms with Gasteiger partial charge in [-0.3, -0.25) is 9.69 Å². The van der Waals surface area contributed by atoms with Crippen LogP contribution in [0.3, 0.4) is 0 Å². The van der Waals surface area contributed by atoms with Crippen molar-refractivity contribution >= 4 is 61.8 Å². The second-order valence-corrected chi connectivity index (χ2v) is 9.33. The molecule has 0 spiro atoms. The highest BCUT2D eigenvalue weighted by atomic mass is 79.9. The number of methoxy groups -OCH3 is 2. The van der Waals surface area contributed by atoms with E-state index in [9.17, 15) is 19.2 Å². The maximum absolute atomic E-state index is 13.0. The number of imide groups is 1. The number of rotatable bonds is 7. The number of carbonyl (C=O) groups is 4. The number of furan rings is 1. The topological polar surface area (TPSA) is 124 Å². The largest absolute Gasteiger partial charge is 0.497 e. The molecule has 37 heavy (non-hydrogen) atoms. The summed E-state index contributed by atoms with van der Waals surface area (Å²) in [5.74, 6) is -1.06. The molecule has 4 rings (SSSR count). The van der Waals surface area contributed by atoms with E-state index in [-0.39, 0.29) is 35.1 Å². The average molecular weight is 634 g/mol.